The number of carbonyl (C=O) groups is 1. The van der Waals surface area contributed by atoms with Crippen LogP contribution in [0.4, 0.5) is 14.9 Å². The minimum Gasteiger partial charge on any atom is -0.331 e. The summed E-state index contributed by atoms with van der Waals surface area (Å²) in [5, 5.41) is 13.8. The first-order valence-corrected chi connectivity index (χ1v) is 11.2. The Labute approximate surface area is 179 Å². The second-order valence-corrected chi connectivity index (χ2v) is 9.16. The lowest BCUT2D eigenvalue weighted by Crippen LogP contribution is -2.43. The van der Waals surface area contributed by atoms with E-state index in [1.807, 2.05) is 0 Å². The van der Waals surface area contributed by atoms with Gasteiger partial charge in [0.15, 0.2) is 0 Å². The fourth-order valence-corrected chi connectivity index (χ4v) is 4.83. The molecule has 1 N–H and O–H groups in total. The Balaban J connectivity index is 1.63. The first-order valence-electron chi connectivity index (χ1n) is 9.74. The number of urea groups is 1. The molecular weight excluding hydrogens is 427 g/mol. The first-order chi connectivity index (χ1) is 14.7. The van der Waals surface area contributed by atoms with Gasteiger partial charge in [-0.2, -0.15) is 4.31 Å². The molecule has 11 heteroatoms. The quantitative estimate of drug-likeness (QED) is 0.556. The third-order valence-electron chi connectivity index (χ3n) is 5.11. The van der Waals surface area contributed by atoms with Crippen molar-refractivity contribution in [1.29, 1.82) is 0 Å². The highest BCUT2D eigenvalue weighted by molar-refractivity contribution is 7.89. The molecule has 0 radical (unpaired) electrons. The summed E-state index contributed by atoms with van der Waals surface area (Å²) < 4.78 is 40.0. The van der Waals surface area contributed by atoms with Gasteiger partial charge in [0.25, 0.3) is 5.69 Å². The number of nitro groups is 1. The van der Waals surface area contributed by atoms with Gasteiger partial charge in [0.05, 0.1) is 15.9 Å². The van der Waals surface area contributed by atoms with Gasteiger partial charge in [0.1, 0.15) is 5.82 Å². The van der Waals surface area contributed by atoms with Crippen molar-refractivity contribution in [2.24, 2.45) is 0 Å². The molecule has 1 aliphatic heterocycles. The number of benzene rings is 2. The summed E-state index contributed by atoms with van der Waals surface area (Å²) in [6.07, 6.45) is 0.443. The molecule has 9 nitrogen and oxygen atoms in total. The van der Waals surface area contributed by atoms with Crippen LogP contribution in [0, 0.1) is 15.9 Å². The molecule has 0 bridgehead atoms. The molecule has 2 amide bonds. The molecular formula is C20H23FN4O5S. The first kappa shape index (κ1) is 22.6. The minimum absolute atomic E-state index is 0.00564. The van der Waals surface area contributed by atoms with E-state index in [-0.39, 0.29) is 36.2 Å². The molecule has 1 aliphatic rings. The molecule has 2 aromatic rings. The number of halogens is 1. The van der Waals surface area contributed by atoms with Gasteiger partial charge >= 0.3 is 6.03 Å². The molecule has 3 rings (SSSR count). The van der Waals surface area contributed by atoms with E-state index >= 15 is 0 Å². The Morgan fingerprint density at radius 3 is 2.52 bits per heavy atom. The smallest absolute Gasteiger partial charge is 0.317 e. The van der Waals surface area contributed by atoms with Crippen molar-refractivity contribution in [2.45, 2.75) is 24.3 Å². The summed E-state index contributed by atoms with van der Waals surface area (Å²) in [4.78, 5) is 24.7. The van der Waals surface area contributed by atoms with E-state index in [2.05, 4.69) is 5.32 Å². The molecule has 1 atom stereocenters. The van der Waals surface area contributed by atoms with Crippen molar-refractivity contribution < 1.29 is 22.5 Å². The second-order valence-electron chi connectivity index (χ2n) is 7.22. The van der Waals surface area contributed by atoms with Crippen LogP contribution in [-0.4, -0.2) is 54.8 Å². The highest BCUT2D eigenvalue weighted by atomic mass is 32.2. The van der Waals surface area contributed by atoms with Crippen LogP contribution in [0.2, 0.25) is 0 Å². The van der Waals surface area contributed by atoms with Crippen LogP contribution in [-0.2, 0) is 10.0 Å². The molecule has 0 aromatic heterocycles. The lowest BCUT2D eigenvalue weighted by Gasteiger charge is -2.24. The summed E-state index contributed by atoms with van der Waals surface area (Å²) in [5.74, 6) is -0.518. The number of carbonyl (C=O) groups excluding carboxylic acids is 1. The molecule has 1 fully saturated rings. The van der Waals surface area contributed by atoms with Crippen LogP contribution >= 0.6 is 0 Å². The Hall–Kier alpha value is -3.05. The van der Waals surface area contributed by atoms with E-state index in [9.17, 15) is 27.7 Å². The molecule has 0 spiro atoms. The van der Waals surface area contributed by atoms with E-state index < -0.39 is 26.8 Å². The number of nitro benzene ring substituents is 1. The maximum Gasteiger partial charge on any atom is 0.317 e. The number of nitrogens with one attached hydrogen (secondary N) is 1. The molecule has 0 aliphatic carbocycles. The highest BCUT2D eigenvalue weighted by Gasteiger charge is 2.28. The van der Waals surface area contributed by atoms with Gasteiger partial charge in [0, 0.05) is 38.3 Å². The zero-order valence-corrected chi connectivity index (χ0v) is 17.7. The second kappa shape index (κ2) is 9.40. The van der Waals surface area contributed by atoms with Crippen molar-refractivity contribution >= 4 is 21.7 Å². The average Bonchev–Trinajstić information content (AvgIpc) is 3.01. The van der Waals surface area contributed by atoms with E-state index in [4.69, 9.17) is 0 Å². The van der Waals surface area contributed by atoms with Crippen molar-refractivity contribution in [1.82, 2.24) is 14.5 Å². The van der Waals surface area contributed by atoms with E-state index in [0.717, 1.165) is 12.1 Å². The predicted octanol–water partition coefficient (Wildman–Crippen LogP) is 2.90. The maximum atomic E-state index is 13.1. The normalized spacial score (nSPS) is 16.4. The molecule has 166 valence electrons. The SMILES string of the molecule is CC(NC(=O)N1CCCN(S(=O)(=O)c2ccc(F)cc2)CC1)c1cccc([N+](=O)[O-])c1. The topological polar surface area (TPSA) is 113 Å². The number of non-ortho nitro benzene ring substituents is 1. The Morgan fingerprint density at radius 2 is 1.84 bits per heavy atom. The van der Waals surface area contributed by atoms with E-state index in [0.29, 0.717) is 18.5 Å². The van der Waals surface area contributed by atoms with Gasteiger partial charge in [-0.25, -0.2) is 17.6 Å². The van der Waals surface area contributed by atoms with Crippen LogP contribution in [0.3, 0.4) is 0 Å². The summed E-state index contributed by atoms with van der Waals surface area (Å²) >= 11 is 0. The minimum atomic E-state index is -3.79. The van der Waals surface area contributed by atoms with Gasteiger partial charge in [-0.1, -0.05) is 12.1 Å². The van der Waals surface area contributed by atoms with Crippen molar-refractivity contribution in [2.75, 3.05) is 26.2 Å². The third-order valence-corrected chi connectivity index (χ3v) is 7.03. The van der Waals surface area contributed by atoms with E-state index in [1.54, 1.807) is 19.1 Å². The van der Waals surface area contributed by atoms with Gasteiger partial charge in [-0.05, 0) is 43.2 Å². The van der Waals surface area contributed by atoms with Crippen molar-refractivity contribution in [3.8, 4) is 0 Å². The average molecular weight is 450 g/mol. The number of amides is 2. The molecule has 1 saturated heterocycles. The summed E-state index contributed by atoms with van der Waals surface area (Å²) in [5.41, 5.74) is 0.535. The molecule has 1 heterocycles. The zero-order chi connectivity index (χ0) is 22.6. The van der Waals surface area contributed by atoms with Crippen LogP contribution in [0.15, 0.2) is 53.4 Å². The lowest BCUT2D eigenvalue weighted by molar-refractivity contribution is -0.384. The van der Waals surface area contributed by atoms with Crippen molar-refractivity contribution in [3.05, 3.63) is 70.0 Å². The predicted molar refractivity (Wildman–Crippen MR) is 111 cm³/mol. The highest BCUT2D eigenvalue weighted by Crippen LogP contribution is 2.21. The Morgan fingerprint density at radius 1 is 1.13 bits per heavy atom. The fourth-order valence-electron chi connectivity index (χ4n) is 3.36. The van der Waals surface area contributed by atoms with Crippen LogP contribution < -0.4 is 5.32 Å². The van der Waals surface area contributed by atoms with E-state index in [1.165, 1.54) is 33.5 Å². The van der Waals surface area contributed by atoms with Crippen molar-refractivity contribution in [3.63, 3.8) is 0 Å². The number of rotatable bonds is 5. The molecule has 2 aromatic carbocycles. The molecule has 0 saturated carbocycles. The Bertz CT molecular complexity index is 1060. The zero-order valence-electron chi connectivity index (χ0n) is 16.9. The summed E-state index contributed by atoms with van der Waals surface area (Å²) in [7, 11) is -3.79. The number of nitrogens with zero attached hydrogens (tertiary/aromatic N) is 3. The maximum absolute atomic E-state index is 13.1. The largest absolute Gasteiger partial charge is 0.331 e. The van der Waals surface area contributed by atoms with Crippen LogP contribution in [0.25, 0.3) is 0 Å². The number of hydrogen-bond acceptors (Lipinski definition) is 5. The standard InChI is InChI=1S/C20H23FN4O5S/c1-15(16-4-2-5-18(14-16)25(27)28)22-20(26)23-10-3-11-24(13-12-23)31(29,30)19-8-6-17(21)7-9-19/h2,4-9,14-15H,3,10-13H2,1H3,(H,22,26). The van der Waals surface area contributed by atoms with Crippen LogP contribution in [0.5, 0.6) is 0 Å². The van der Waals surface area contributed by atoms with Gasteiger partial charge in [-0.3, -0.25) is 10.1 Å². The number of hydrogen-bond donors (Lipinski definition) is 1. The van der Waals surface area contributed by atoms with Crippen LogP contribution in [0.1, 0.15) is 24.9 Å². The third kappa shape index (κ3) is 5.36. The van der Waals surface area contributed by atoms with Gasteiger partial charge < -0.3 is 10.2 Å². The molecule has 1 unspecified atom stereocenters. The monoisotopic (exact) mass is 450 g/mol. The lowest BCUT2D eigenvalue weighted by atomic mass is 10.1. The summed E-state index contributed by atoms with van der Waals surface area (Å²) in [6, 6.07) is 9.83. The van der Waals surface area contributed by atoms with Gasteiger partial charge in [-0.15, -0.1) is 0 Å². The number of sulfonamides is 1. The Kier molecular flexibility index (Phi) is 6.86. The summed E-state index contributed by atoms with van der Waals surface area (Å²) in [6.45, 7) is 2.62. The molecule has 31 heavy (non-hydrogen) atoms. The van der Waals surface area contributed by atoms with Gasteiger partial charge in [0.2, 0.25) is 10.0 Å². The fraction of sp³-hybridized carbons (Fsp3) is 0.350.